The second-order valence-corrected chi connectivity index (χ2v) is 9.29. The first kappa shape index (κ1) is 24.1. The Morgan fingerprint density at radius 1 is 1.16 bits per heavy atom. The Morgan fingerprint density at radius 3 is 2.70 bits per heavy atom. The first-order valence-corrected chi connectivity index (χ1v) is 12.2. The molecule has 0 saturated carbocycles. The van der Waals surface area contributed by atoms with Gasteiger partial charge in [0, 0.05) is 35.8 Å². The fourth-order valence-corrected chi connectivity index (χ4v) is 5.08. The number of fused-ring (bicyclic) bond motifs is 1. The van der Waals surface area contributed by atoms with Gasteiger partial charge in [0.2, 0.25) is 0 Å². The molecular weight excluding hydrogens is 492 g/mol. The summed E-state index contributed by atoms with van der Waals surface area (Å²) in [7, 11) is 1.46. The highest BCUT2D eigenvalue weighted by molar-refractivity contribution is 8.18. The van der Waals surface area contributed by atoms with Crippen molar-refractivity contribution in [3.8, 4) is 11.5 Å². The number of rotatable bonds is 7. The molecule has 2 heterocycles. The molecule has 9 nitrogen and oxygen atoms in total. The Morgan fingerprint density at radius 2 is 1.95 bits per heavy atom. The molecule has 0 unspecified atom stereocenters. The van der Waals surface area contributed by atoms with E-state index in [0.717, 1.165) is 16.5 Å². The number of hydrogen-bond donors (Lipinski definition) is 2. The smallest absolute Gasteiger partial charge is 0.269 e. The van der Waals surface area contributed by atoms with Crippen LogP contribution >= 0.6 is 11.8 Å². The molecule has 1 aromatic heterocycles. The van der Waals surface area contributed by atoms with Crippen molar-refractivity contribution in [1.29, 1.82) is 0 Å². The molecule has 10 heteroatoms. The van der Waals surface area contributed by atoms with Crippen LogP contribution in [0, 0.1) is 10.1 Å². The van der Waals surface area contributed by atoms with Gasteiger partial charge in [-0.2, -0.15) is 0 Å². The minimum Gasteiger partial charge on any atom is -0.504 e. The highest BCUT2D eigenvalue weighted by atomic mass is 32.2. The lowest BCUT2D eigenvalue weighted by molar-refractivity contribution is -0.384. The third kappa shape index (κ3) is 5.05. The maximum Gasteiger partial charge on any atom is 0.269 e. The van der Waals surface area contributed by atoms with Crippen molar-refractivity contribution in [2.45, 2.75) is 6.42 Å². The summed E-state index contributed by atoms with van der Waals surface area (Å²) in [6, 6.07) is 18.7. The number of non-ortho nitro benzene ring substituents is 1. The summed E-state index contributed by atoms with van der Waals surface area (Å²) in [6.45, 7) is 0.399. The summed E-state index contributed by atoms with van der Waals surface area (Å²) in [4.78, 5) is 34.0. The number of aliphatic imine (C=N–C) groups is 1. The average molecular weight is 515 g/mol. The topological polar surface area (TPSA) is 121 Å². The molecule has 1 saturated heterocycles. The van der Waals surface area contributed by atoms with Crippen molar-refractivity contribution < 1.29 is 19.6 Å². The third-order valence-corrected chi connectivity index (χ3v) is 6.96. The summed E-state index contributed by atoms with van der Waals surface area (Å²) in [5, 5.41) is 22.5. The number of nitro groups is 1. The van der Waals surface area contributed by atoms with Gasteiger partial charge in [-0.3, -0.25) is 19.8 Å². The van der Waals surface area contributed by atoms with Crippen LogP contribution in [0.4, 0.5) is 11.4 Å². The molecule has 37 heavy (non-hydrogen) atoms. The number of amides is 1. The third-order valence-electron chi connectivity index (χ3n) is 5.95. The van der Waals surface area contributed by atoms with Gasteiger partial charge in [0.05, 0.1) is 22.6 Å². The number of thioether (sulfide) groups is 1. The van der Waals surface area contributed by atoms with Crippen LogP contribution in [0.2, 0.25) is 0 Å². The number of carbonyl (C=O) groups is 1. The quantitative estimate of drug-likeness (QED) is 0.187. The summed E-state index contributed by atoms with van der Waals surface area (Å²) in [5.74, 6) is 0.120. The van der Waals surface area contributed by atoms with Crippen LogP contribution in [0.25, 0.3) is 17.0 Å². The Labute approximate surface area is 216 Å². The van der Waals surface area contributed by atoms with Crippen LogP contribution in [0.1, 0.15) is 11.1 Å². The van der Waals surface area contributed by atoms with Crippen molar-refractivity contribution in [2.24, 2.45) is 4.99 Å². The lowest BCUT2D eigenvalue weighted by Crippen LogP contribution is -2.31. The fraction of sp³-hybridized carbons (Fsp3) is 0.111. The number of nitrogens with zero attached hydrogens (tertiary/aromatic N) is 3. The molecule has 0 atom stereocenters. The number of hydrogen-bond acceptors (Lipinski definition) is 7. The molecule has 1 amide bonds. The minimum absolute atomic E-state index is 0.0100. The van der Waals surface area contributed by atoms with Gasteiger partial charge in [-0.1, -0.05) is 24.3 Å². The molecule has 0 bridgehead atoms. The van der Waals surface area contributed by atoms with Crippen molar-refractivity contribution in [3.05, 3.63) is 99.1 Å². The molecule has 4 aromatic rings. The summed E-state index contributed by atoms with van der Waals surface area (Å²) < 4.78 is 5.18. The summed E-state index contributed by atoms with van der Waals surface area (Å²) in [6.07, 6.45) is 4.28. The number of aromatic nitrogens is 1. The van der Waals surface area contributed by atoms with Crippen molar-refractivity contribution >= 4 is 51.2 Å². The molecule has 186 valence electrons. The largest absolute Gasteiger partial charge is 0.504 e. The van der Waals surface area contributed by atoms with Crippen molar-refractivity contribution in [3.63, 3.8) is 0 Å². The molecule has 5 rings (SSSR count). The van der Waals surface area contributed by atoms with Gasteiger partial charge >= 0.3 is 0 Å². The number of nitrogens with one attached hydrogen (secondary N) is 1. The molecule has 3 aromatic carbocycles. The molecule has 1 aliphatic heterocycles. The number of para-hydroxylation sites is 1. The molecule has 0 aliphatic carbocycles. The number of H-pyrrole nitrogens is 1. The van der Waals surface area contributed by atoms with Crippen molar-refractivity contribution in [2.75, 3.05) is 13.7 Å². The van der Waals surface area contributed by atoms with E-state index in [1.807, 2.05) is 30.5 Å². The zero-order valence-electron chi connectivity index (χ0n) is 19.7. The number of amidine groups is 1. The second kappa shape index (κ2) is 10.2. The summed E-state index contributed by atoms with van der Waals surface area (Å²) in [5.41, 5.74) is 3.28. The van der Waals surface area contributed by atoms with Crippen LogP contribution in [0.15, 0.2) is 82.8 Å². The van der Waals surface area contributed by atoms with Gasteiger partial charge in [-0.25, -0.2) is 4.99 Å². The first-order chi connectivity index (χ1) is 17.9. The standard InChI is InChI=1S/C27H22N4O5S/c1-36-24-14-17(6-11-23(24)32)15-25-26(33)30(13-12-18-16-28-22-5-3-2-4-21(18)22)27(37-25)29-19-7-9-20(10-8-19)31(34)35/h2-11,14-16,28,32H,12-13H2,1H3/b25-15-,29-27?. The summed E-state index contributed by atoms with van der Waals surface area (Å²) >= 11 is 1.23. The number of benzene rings is 3. The molecule has 1 fully saturated rings. The number of phenolic OH excluding ortho intramolecular Hbond substituents is 1. The van der Waals surface area contributed by atoms with Gasteiger partial charge in [-0.15, -0.1) is 0 Å². The van der Waals surface area contributed by atoms with Crippen LogP contribution < -0.4 is 4.74 Å². The van der Waals surface area contributed by atoms with Gasteiger partial charge in [-0.05, 0) is 65.7 Å². The molecule has 0 radical (unpaired) electrons. The van der Waals surface area contributed by atoms with Gasteiger partial charge in [0.25, 0.3) is 11.6 Å². The average Bonchev–Trinajstić information content (AvgIpc) is 3.44. The number of carbonyl (C=O) groups excluding carboxylic acids is 1. The van der Waals surface area contributed by atoms with E-state index in [9.17, 15) is 20.0 Å². The lowest BCUT2D eigenvalue weighted by atomic mass is 10.1. The Balaban J connectivity index is 1.47. The number of aromatic amines is 1. The second-order valence-electron chi connectivity index (χ2n) is 8.28. The van der Waals surface area contributed by atoms with E-state index < -0.39 is 4.92 Å². The normalized spacial score (nSPS) is 15.7. The molecule has 1 aliphatic rings. The SMILES string of the molecule is COc1cc(/C=C2\SC(=Nc3ccc([N+](=O)[O-])cc3)N(CCc3c[nH]c4ccccc34)C2=O)ccc1O. The predicted molar refractivity (Wildman–Crippen MR) is 144 cm³/mol. The van der Waals surface area contributed by atoms with E-state index in [4.69, 9.17) is 4.74 Å². The molecule has 0 spiro atoms. The number of nitro benzene ring substituents is 1. The van der Waals surface area contributed by atoms with E-state index >= 15 is 0 Å². The van der Waals surface area contributed by atoms with Crippen LogP contribution in [-0.4, -0.2) is 44.6 Å². The van der Waals surface area contributed by atoms with Crippen LogP contribution in [-0.2, 0) is 11.2 Å². The van der Waals surface area contributed by atoms with Crippen molar-refractivity contribution in [1.82, 2.24) is 9.88 Å². The Hall–Kier alpha value is -4.57. The zero-order valence-corrected chi connectivity index (χ0v) is 20.6. The first-order valence-electron chi connectivity index (χ1n) is 11.4. The number of methoxy groups -OCH3 is 1. The van der Waals surface area contributed by atoms with E-state index in [1.165, 1.54) is 37.1 Å². The van der Waals surface area contributed by atoms with Gasteiger partial charge in [0.15, 0.2) is 16.7 Å². The Kier molecular flexibility index (Phi) is 6.65. The molecule has 2 N–H and O–H groups in total. The van der Waals surface area contributed by atoms with E-state index in [2.05, 4.69) is 9.98 Å². The zero-order chi connectivity index (χ0) is 25.9. The number of phenols is 1. The number of ether oxygens (including phenoxy) is 1. The monoisotopic (exact) mass is 514 g/mol. The predicted octanol–water partition coefficient (Wildman–Crippen LogP) is 5.64. The molecular formula is C27H22N4O5S. The lowest BCUT2D eigenvalue weighted by Gasteiger charge is -2.15. The maximum absolute atomic E-state index is 13.5. The fourth-order valence-electron chi connectivity index (χ4n) is 4.05. The Bertz CT molecular complexity index is 1560. The minimum atomic E-state index is -0.467. The van der Waals surface area contributed by atoms with E-state index in [0.29, 0.717) is 40.0 Å². The maximum atomic E-state index is 13.5. The highest BCUT2D eigenvalue weighted by Crippen LogP contribution is 2.36. The van der Waals surface area contributed by atoms with E-state index in [1.54, 1.807) is 35.2 Å². The van der Waals surface area contributed by atoms with E-state index in [-0.39, 0.29) is 17.3 Å². The van der Waals surface area contributed by atoms with Crippen LogP contribution in [0.5, 0.6) is 11.5 Å². The highest BCUT2D eigenvalue weighted by Gasteiger charge is 2.33. The van der Waals surface area contributed by atoms with Crippen LogP contribution in [0.3, 0.4) is 0 Å². The number of aromatic hydroxyl groups is 1. The van der Waals surface area contributed by atoms with Gasteiger partial charge in [0.1, 0.15) is 0 Å². The van der Waals surface area contributed by atoms with Gasteiger partial charge < -0.3 is 14.8 Å².